The molecule has 1 saturated heterocycles. The van der Waals surface area contributed by atoms with Crippen molar-refractivity contribution in [1.29, 1.82) is 0 Å². The minimum atomic E-state index is -1.38. The molecule has 2 aliphatic heterocycles. The minimum absolute atomic E-state index is 0.0284. The number of oxime groups is 1. The Morgan fingerprint density at radius 1 is 0.974 bits per heavy atom. The summed E-state index contributed by atoms with van der Waals surface area (Å²) in [6.07, 6.45) is -1.38. The molecule has 0 saturated carbocycles. The highest BCUT2D eigenvalue weighted by atomic mass is 16.7. The number of aromatic carboxylic acids is 1. The van der Waals surface area contributed by atoms with Crippen LogP contribution in [0.15, 0.2) is 53.7 Å². The van der Waals surface area contributed by atoms with Gasteiger partial charge in [-0.25, -0.2) is 19.2 Å². The molecular weight excluding hydrogens is 508 g/mol. The summed E-state index contributed by atoms with van der Waals surface area (Å²) in [6, 6.07) is 12.4. The highest BCUT2D eigenvalue weighted by Crippen LogP contribution is 2.35. The Morgan fingerprint density at radius 2 is 1.62 bits per heavy atom. The number of aromatic nitrogens is 2. The van der Waals surface area contributed by atoms with Crippen LogP contribution in [0, 0.1) is 19.8 Å². The first-order valence-corrected chi connectivity index (χ1v) is 12.0. The third-order valence-corrected chi connectivity index (χ3v) is 6.51. The van der Waals surface area contributed by atoms with E-state index >= 15 is 0 Å². The maximum absolute atomic E-state index is 13.8. The number of carbonyl (C=O) groups is 5. The number of hydrogen-bond donors (Lipinski definition) is 1. The van der Waals surface area contributed by atoms with Crippen LogP contribution in [0.5, 0.6) is 0 Å². The average Bonchev–Trinajstić information content (AvgIpc) is 3.57. The molecular formula is C27H22N4O8. The maximum Gasteiger partial charge on any atom is 0.359 e. The summed E-state index contributed by atoms with van der Waals surface area (Å²) in [6.45, 7) is 5.16. The molecule has 12 heteroatoms. The zero-order chi connectivity index (χ0) is 28.0. The number of imide groups is 1. The number of anilines is 1. The Balaban J connectivity index is 1.52. The second kappa shape index (κ2) is 9.63. The lowest BCUT2D eigenvalue weighted by molar-refractivity contribution is -0.126. The van der Waals surface area contributed by atoms with Crippen LogP contribution in [0.3, 0.4) is 0 Å². The topological polar surface area (TPSA) is 157 Å². The summed E-state index contributed by atoms with van der Waals surface area (Å²) in [5.74, 6) is -5.68. The number of ether oxygens (including phenoxy) is 1. The molecule has 0 unspecified atom stereocenters. The van der Waals surface area contributed by atoms with Gasteiger partial charge in [0.15, 0.2) is 5.69 Å². The number of amides is 2. The van der Waals surface area contributed by atoms with Crippen molar-refractivity contribution in [2.24, 2.45) is 11.1 Å². The minimum Gasteiger partial charge on any atom is -0.478 e. The Hall–Kier alpha value is -5.13. The zero-order valence-corrected chi connectivity index (χ0v) is 21.1. The van der Waals surface area contributed by atoms with Gasteiger partial charge in [-0.3, -0.25) is 14.4 Å². The lowest BCUT2D eigenvalue weighted by Crippen LogP contribution is -2.34. The van der Waals surface area contributed by atoms with E-state index < -0.39 is 41.6 Å². The molecule has 12 nitrogen and oxygen atoms in total. The van der Waals surface area contributed by atoms with Crippen LogP contribution in [0.1, 0.15) is 49.4 Å². The average molecular weight is 530 g/mol. The first-order valence-electron chi connectivity index (χ1n) is 12.0. The van der Waals surface area contributed by atoms with Crippen LogP contribution in [0.25, 0.3) is 5.69 Å². The summed E-state index contributed by atoms with van der Waals surface area (Å²) in [7, 11) is 0. The maximum atomic E-state index is 13.8. The fourth-order valence-electron chi connectivity index (χ4n) is 4.56. The summed E-state index contributed by atoms with van der Waals surface area (Å²) >= 11 is 0. The van der Waals surface area contributed by atoms with Gasteiger partial charge in [0.2, 0.25) is 17.8 Å². The van der Waals surface area contributed by atoms with E-state index in [4.69, 9.17) is 14.7 Å². The van der Waals surface area contributed by atoms with Gasteiger partial charge in [0.05, 0.1) is 34.8 Å². The SMILES string of the molecule is CCOC(=O)c1nn(-c2ccc(C)cc2)c(C)c1C(=O)C1=NO[C@@H]2C(=O)N(c3ccc(C(=O)O)cc3)C(=O)[C@@H]12. The fourth-order valence-corrected chi connectivity index (χ4v) is 4.56. The second-order valence-corrected chi connectivity index (χ2v) is 8.95. The standard InChI is InChI=1S/C27H22N4O8/c1-4-38-27(37)21-18(14(3)31(28-21)17-9-5-13(2)6-10-17)22(32)20-19-23(39-29-20)25(34)30(24(19)33)16-11-7-15(8-12-16)26(35)36/h5-12,19,23H,4H2,1-3H3,(H,35,36)/t19-,23-/m0/s1. The molecule has 1 N–H and O–H groups in total. The second-order valence-electron chi connectivity index (χ2n) is 8.95. The molecule has 2 aliphatic rings. The molecule has 39 heavy (non-hydrogen) atoms. The number of aryl methyl sites for hydroxylation is 1. The van der Waals surface area contributed by atoms with E-state index in [1.54, 1.807) is 26.0 Å². The summed E-state index contributed by atoms with van der Waals surface area (Å²) in [5, 5.41) is 17.2. The Morgan fingerprint density at radius 3 is 2.23 bits per heavy atom. The van der Waals surface area contributed by atoms with Crippen molar-refractivity contribution in [1.82, 2.24) is 9.78 Å². The van der Waals surface area contributed by atoms with Gasteiger partial charge in [-0.2, -0.15) is 5.10 Å². The van der Waals surface area contributed by atoms with Crippen molar-refractivity contribution in [3.63, 3.8) is 0 Å². The first kappa shape index (κ1) is 25.5. The number of carboxylic acids is 1. The largest absolute Gasteiger partial charge is 0.478 e. The van der Waals surface area contributed by atoms with Crippen molar-refractivity contribution in [2.45, 2.75) is 26.9 Å². The number of fused-ring (bicyclic) bond motifs is 1. The molecule has 3 heterocycles. The zero-order valence-electron chi connectivity index (χ0n) is 21.1. The van der Waals surface area contributed by atoms with E-state index in [0.29, 0.717) is 11.4 Å². The summed E-state index contributed by atoms with van der Waals surface area (Å²) in [5.41, 5.74) is 1.25. The number of hydrogen-bond acceptors (Lipinski definition) is 9. The molecule has 0 radical (unpaired) electrons. The van der Waals surface area contributed by atoms with E-state index in [0.717, 1.165) is 10.5 Å². The van der Waals surface area contributed by atoms with E-state index in [1.165, 1.54) is 28.9 Å². The van der Waals surface area contributed by atoms with Crippen LogP contribution >= 0.6 is 0 Å². The van der Waals surface area contributed by atoms with Gasteiger partial charge in [-0.1, -0.05) is 22.9 Å². The van der Waals surface area contributed by atoms with Gasteiger partial charge in [-0.15, -0.1) is 0 Å². The van der Waals surface area contributed by atoms with E-state index in [1.807, 2.05) is 19.1 Å². The normalized spacial score (nSPS) is 18.0. The molecule has 0 aliphatic carbocycles. The number of rotatable bonds is 7. The van der Waals surface area contributed by atoms with Crippen molar-refractivity contribution in [3.05, 3.63) is 76.6 Å². The third kappa shape index (κ3) is 4.15. The number of carboxylic acid groups (broad SMARTS) is 1. The fraction of sp³-hybridized carbons (Fsp3) is 0.222. The van der Waals surface area contributed by atoms with Crippen LogP contribution in [-0.4, -0.2) is 62.8 Å². The number of carbonyl (C=O) groups excluding carboxylic acids is 4. The van der Waals surface area contributed by atoms with Gasteiger partial charge >= 0.3 is 11.9 Å². The first-order chi connectivity index (χ1) is 18.6. The Labute approximate surface area is 221 Å². The van der Waals surface area contributed by atoms with E-state index in [2.05, 4.69) is 10.3 Å². The Kier molecular flexibility index (Phi) is 6.30. The van der Waals surface area contributed by atoms with Gasteiger partial charge in [0, 0.05) is 0 Å². The molecule has 2 atom stereocenters. The number of ketones is 1. The highest BCUT2D eigenvalue weighted by Gasteiger charge is 2.58. The number of benzene rings is 2. The van der Waals surface area contributed by atoms with Crippen molar-refractivity contribution in [3.8, 4) is 5.69 Å². The van der Waals surface area contributed by atoms with Gasteiger partial charge in [-0.05, 0) is 57.2 Å². The molecule has 2 aromatic carbocycles. The van der Waals surface area contributed by atoms with E-state index in [-0.39, 0.29) is 34.8 Å². The molecule has 3 aromatic rings. The number of Topliss-reactive ketones (excluding diaryl/α,β-unsaturated/α-hetero) is 1. The van der Waals surface area contributed by atoms with E-state index in [9.17, 15) is 24.0 Å². The predicted octanol–water partition coefficient (Wildman–Crippen LogP) is 2.49. The predicted molar refractivity (Wildman–Crippen MR) is 135 cm³/mol. The smallest absolute Gasteiger partial charge is 0.359 e. The molecule has 0 bridgehead atoms. The van der Waals surface area contributed by atoms with Crippen LogP contribution in [0.2, 0.25) is 0 Å². The lowest BCUT2D eigenvalue weighted by atomic mass is 9.92. The van der Waals surface area contributed by atoms with Crippen LogP contribution in [0.4, 0.5) is 5.69 Å². The van der Waals surface area contributed by atoms with Gasteiger partial charge in [0.1, 0.15) is 11.6 Å². The van der Waals surface area contributed by atoms with Crippen LogP contribution < -0.4 is 4.90 Å². The van der Waals surface area contributed by atoms with Crippen molar-refractivity contribution < 1.29 is 38.7 Å². The molecule has 198 valence electrons. The lowest BCUT2D eigenvalue weighted by Gasteiger charge is -2.15. The summed E-state index contributed by atoms with van der Waals surface area (Å²) < 4.78 is 6.54. The monoisotopic (exact) mass is 530 g/mol. The van der Waals surface area contributed by atoms with Crippen molar-refractivity contribution >= 4 is 40.9 Å². The van der Waals surface area contributed by atoms with Crippen molar-refractivity contribution in [2.75, 3.05) is 11.5 Å². The van der Waals surface area contributed by atoms with Gasteiger partial charge in [0.25, 0.3) is 5.91 Å². The summed E-state index contributed by atoms with van der Waals surface area (Å²) in [4.78, 5) is 70.3. The van der Waals surface area contributed by atoms with Crippen LogP contribution in [-0.2, 0) is 19.2 Å². The van der Waals surface area contributed by atoms with Gasteiger partial charge < -0.3 is 14.7 Å². The molecule has 2 amide bonds. The highest BCUT2D eigenvalue weighted by molar-refractivity contribution is 6.53. The number of nitrogens with zero attached hydrogens (tertiary/aromatic N) is 4. The third-order valence-electron chi connectivity index (χ3n) is 6.51. The molecule has 1 aromatic heterocycles. The molecule has 5 rings (SSSR count). The molecule has 0 spiro atoms. The molecule has 1 fully saturated rings. The Bertz CT molecular complexity index is 1570. The quantitative estimate of drug-likeness (QED) is 0.275. The number of esters is 1.